The number of imidazole rings is 1. The zero-order chi connectivity index (χ0) is 24.6. The SMILES string of the molecule is c1ccc(COc2cncc(-c3cnc4n[nH]c(-c5nc6c(-c7cccs7)nccc6[nH]5)c4c3)c2)cc1. The van der Waals surface area contributed by atoms with Crippen molar-refractivity contribution >= 4 is 33.4 Å². The van der Waals surface area contributed by atoms with Crippen LogP contribution in [0.1, 0.15) is 5.56 Å². The van der Waals surface area contributed by atoms with E-state index in [1.54, 1.807) is 36.1 Å². The minimum Gasteiger partial charge on any atom is -0.487 e. The number of nitrogens with one attached hydrogen (secondary N) is 2. The number of thiophene rings is 1. The second kappa shape index (κ2) is 8.96. The fourth-order valence-electron chi connectivity index (χ4n) is 4.28. The number of fused-ring (bicyclic) bond motifs is 2. The van der Waals surface area contributed by atoms with E-state index in [4.69, 9.17) is 9.72 Å². The standard InChI is InChI=1S/C28H19N7OS/c1-2-5-17(6-3-1)16-36-20-11-18(13-29-15-20)19-12-21-24(34-35-27(21)31-14-19)28-32-22-8-9-30-26(25(22)33-28)23-7-4-10-37-23/h1-15H,16H2,(H,32,33)(H,31,34,35). The molecule has 0 amide bonds. The van der Waals surface area contributed by atoms with Crippen LogP contribution >= 0.6 is 11.3 Å². The molecule has 0 unspecified atom stereocenters. The number of rotatable bonds is 6. The van der Waals surface area contributed by atoms with Gasteiger partial charge in [-0.25, -0.2) is 9.97 Å². The highest BCUT2D eigenvalue weighted by molar-refractivity contribution is 7.13. The number of hydrogen-bond acceptors (Lipinski definition) is 7. The molecule has 0 saturated heterocycles. The van der Waals surface area contributed by atoms with E-state index in [0.29, 0.717) is 23.8 Å². The third kappa shape index (κ3) is 4.01. The Kier molecular flexibility index (Phi) is 5.18. The smallest absolute Gasteiger partial charge is 0.181 e. The highest BCUT2D eigenvalue weighted by Crippen LogP contribution is 2.33. The molecule has 0 radical (unpaired) electrons. The van der Waals surface area contributed by atoms with Crippen LogP contribution in [0.25, 0.3) is 55.3 Å². The summed E-state index contributed by atoms with van der Waals surface area (Å²) in [5.74, 6) is 1.38. The highest BCUT2D eigenvalue weighted by atomic mass is 32.1. The lowest BCUT2D eigenvalue weighted by Crippen LogP contribution is -1.96. The average molecular weight is 502 g/mol. The first kappa shape index (κ1) is 21.4. The molecule has 0 bridgehead atoms. The van der Waals surface area contributed by atoms with Crippen LogP contribution in [-0.2, 0) is 6.61 Å². The summed E-state index contributed by atoms with van der Waals surface area (Å²) in [5, 5.41) is 10.4. The Morgan fingerprint density at radius 1 is 0.892 bits per heavy atom. The number of aromatic amines is 2. The predicted molar refractivity (Wildman–Crippen MR) is 144 cm³/mol. The van der Waals surface area contributed by atoms with Crippen molar-refractivity contribution in [1.29, 1.82) is 0 Å². The van der Waals surface area contributed by atoms with Gasteiger partial charge in [0.2, 0.25) is 0 Å². The first-order valence-corrected chi connectivity index (χ1v) is 12.5. The molecule has 0 saturated carbocycles. The maximum atomic E-state index is 5.97. The zero-order valence-electron chi connectivity index (χ0n) is 19.4. The van der Waals surface area contributed by atoms with Crippen LogP contribution in [0.4, 0.5) is 0 Å². The van der Waals surface area contributed by atoms with Gasteiger partial charge in [0.15, 0.2) is 11.5 Å². The minimum absolute atomic E-state index is 0.476. The number of aromatic nitrogens is 7. The number of nitrogens with zero attached hydrogens (tertiary/aromatic N) is 5. The summed E-state index contributed by atoms with van der Waals surface area (Å²) < 4.78 is 5.97. The van der Waals surface area contributed by atoms with Crippen LogP contribution in [0.3, 0.4) is 0 Å². The number of hydrogen-bond donors (Lipinski definition) is 2. The van der Waals surface area contributed by atoms with Gasteiger partial charge in [-0.3, -0.25) is 15.1 Å². The van der Waals surface area contributed by atoms with E-state index >= 15 is 0 Å². The van der Waals surface area contributed by atoms with Gasteiger partial charge in [-0.2, -0.15) is 5.10 Å². The normalized spacial score (nSPS) is 11.4. The number of pyridine rings is 3. The Hall–Kier alpha value is -4.89. The van der Waals surface area contributed by atoms with Gasteiger partial charge in [-0.05, 0) is 35.2 Å². The number of benzene rings is 1. The topological polar surface area (TPSA) is 105 Å². The molecule has 0 fully saturated rings. The molecule has 6 heterocycles. The van der Waals surface area contributed by atoms with Gasteiger partial charge >= 0.3 is 0 Å². The third-order valence-corrected chi connectivity index (χ3v) is 6.97. The van der Waals surface area contributed by atoms with Crippen LogP contribution in [0, 0.1) is 0 Å². The van der Waals surface area contributed by atoms with Crippen molar-refractivity contribution < 1.29 is 4.74 Å². The monoisotopic (exact) mass is 501 g/mol. The van der Waals surface area contributed by atoms with Crippen LogP contribution in [0.15, 0.2) is 90.8 Å². The lowest BCUT2D eigenvalue weighted by molar-refractivity contribution is 0.305. The van der Waals surface area contributed by atoms with Gasteiger partial charge in [0, 0.05) is 29.7 Å². The van der Waals surface area contributed by atoms with Crippen molar-refractivity contribution in [3.63, 3.8) is 0 Å². The molecule has 0 spiro atoms. The molecule has 7 rings (SSSR count). The number of ether oxygens (including phenoxy) is 1. The van der Waals surface area contributed by atoms with Crippen LogP contribution in [-0.4, -0.2) is 35.1 Å². The van der Waals surface area contributed by atoms with Crippen LogP contribution in [0.5, 0.6) is 5.75 Å². The van der Waals surface area contributed by atoms with Gasteiger partial charge in [-0.15, -0.1) is 11.3 Å². The fraction of sp³-hybridized carbons (Fsp3) is 0.0357. The first-order chi connectivity index (χ1) is 18.3. The molecular formula is C28H19N7OS. The Labute approximate surface area is 215 Å². The van der Waals surface area contributed by atoms with Crippen molar-refractivity contribution in [2.24, 2.45) is 0 Å². The summed E-state index contributed by atoms with van der Waals surface area (Å²) in [7, 11) is 0. The average Bonchev–Trinajstić information content (AvgIpc) is 3.71. The van der Waals surface area contributed by atoms with E-state index in [0.717, 1.165) is 49.4 Å². The van der Waals surface area contributed by atoms with Gasteiger partial charge in [0.05, 0.1) is 22.0 Å². The Balaban J connectivity index is 1.24. The van der Waals surface area contributed by atoms with E-state index in [1.165, 1.54) is 0 Å². The van der Waals surface area contributed by atoms with Crippen molar-refractivity contribution in [2.45, 2.75) is 6.61 Å². The first-order valence-electron chi connectivity index (χ1n) is 11.7. The van der Waals surface area contributed by atoms with E-state index < -0.39 is 0 Å². The van der Waals surface area contributed by atoms with Gasteiger partial charge in [0.25, 0.3) is 0 Å². The van der Waals surface area contributed by atoms with Crippen molar-refractivity contribution in [3.05, 3.63) is 96.4 Å². The second-order valence-corrected chi connectivity index (χ2v) is 9.44. The highest BCUT2D eigenvalue weighted by Gasteiger charge is 2.17. The molecule has 9 heteroatoms. The molecule has 2 N–H and O–H groups in total. The summed E-state index contributed by atoms with van der Waals surface area (Å²) in [6, 6.07) is 20.1. The van der Waals surface area contributed by atoms with E-state index in [-0.39, 0.29) is 0 Å². The summed E-state index contributed by atoms with van der Waals surface area (Å²) in [4.78, 5) is 22.9. The fourth-order valence-corrected chi connectivity index (χ4v) is 5.00. The summed E-state index contributed by atoms with van der Waals surface area (Å²) >= 11 is 1.64. The molecule has 0 atom stereocenters. The largest absolute Gasteiger partial charge is 0.487 e. The summed E-state index contributed by atoms with van der Waals surface area (Å²) in [6.07, 6.45) is 7.11. The Morgan fingerprint density at radius 3 is 2.70 bits per heavy atom. The van der Waals surface area contributed by atoms with Crippen molar-refractivity contribution in [2.75, 3.05) is 0 Å². The molecule has 1 aromatic carbocycles. The van der Waals surface area contributed by atoms with Crippen molar-refractivity contribution in [3.8, 4) is 39.0 Å². The third-order valence-electron chi connectivity index (χ3n) is 6.10. The summed E-state index contributed by atoms with van der Waals surface area (Å²) in [6.45, 7) is 0.476. The molecule has 7 aromatic rings. The van der Waals surface area contributed by atoms with Gasteiger partial charge in [-0.1, -0.05) is 36.4 Å². The van der Waals surface area contributed by atoms with Crippen LogP contribution < -0.4 is 4.74 Å². The second-order valence-electron chi connectivity index (χ2n) is 8.50. The molecule has 8 nitrogen and oxygen atoms in total. The van der Waals surface area contributed by atoms with Crippen LogP contribution in [0.2, 0.25) is 0 Å². The molecule has 37 heavy (non-hydrogen) atoms. The Morgan fingerprint density at radius 2 is 1.81 bits per heavy atom. The van der Waals surface area contributed by atoms with E-state index in [9.17, 15) is 0 Å². The lowest BCUT2D eigenvalue weighted by atomic mass is 10.1. The minimum atomic E-state index is 0.476. The molecule has 178 valence electrons. The van der Waals surface area contributed by atoms with Gasteiger partial charge < -0.3 is 9.72 Å². The maximum absolute atomic E-state index is 5.97. The summed E-state index contributed by atoms with van der Waals surface area (Å²) in [5.41, 5.74) is 6.87. The molecule has 6 aromatic heterocycles. The zero-order valence-corrected chi connectivity index (χ0v) is 20.2. The molecule has 0 aliphatic rings. The molecule has 0 aliphatic heterocycles. The van der Waals surface area contributed by atoms with E-state index in [1.807, 2.05) is 66.0 Å². The lowest BCUT2D eigenvalue weighted by Gasteiger charge is -2.08. The van der Waals surface area contributed by atoms with Crippen molar-refractivity contribution in [1.82, 2.24) is 35.1 Å². The Bertz CT molecular complexity index is 1840. The predicted octanol–water partition coefficient (Wildman–Crippen LogP) is 6.27. The number of H-pyrrole nitrogens is 2. The molecule has 0 aliphatic carbocycles. The molecular weight excluding hydrogens is 482 g/mol. The quantitative estimate of drug-likeness (QED) is 0.278. The maximum Gasteiger partial charge on any atom is 0.181 e. The van der Waals surface area contributed by atoms with E-state index in [2.05, 4.69) is 30.1 Å². The van der Waals surface area contributed by atoms with Gasteiger partial charge in [0.1, 0.15) is 29.3 Å².